The van der Waals surface area contributed by atoms with Crippen molar-refractivity contribution in [2.75, 3.05) is 13.2 Å². The Hall–Kier alpha value is -5.28. The molecule has 2 saturated carbocycles. The maximum Gasteiger partial charge on any atom is 2.00 e. The summed E-state index contributed by atoms with van der Waals surface area (Å²) in [7, 11) is -5.10. The molecule has 65 heavy (non-hydrogen) atoms. The van der Waals surface area contributed by atoms with Crippen molar-refractivity contribution in [3.63, 3.8) is 0 Å². The Balaban J connectivity index is 0.000000212. The smallest absolute Gasteiger partial charge is 0.461 e. The number of carbonyl (C=O) groups excluding carboxylic acids is 2. The van der Waals surface area contributed by atoms with Crippen LogP contribution >= 0.6 is 14.1 Å². The Kier molecular flexibility index (Phi) is 18.8. The fourth-order valence-corrected chi connectivity index (χ4v) is 14.4. The molecule has 2 aliphatic rings. The minimum absolute atomic E-state index is 0. The van der Waals surface area contributed by atoms with Gasteiger partial charge in [-0.25, -0.2) is 19.1 Å². The van der Waals surface area contributed by atoms with Crippen LogP contribution in [0.5, 0.6) is 0 Å². The van der Waals surface area contributed by atoms with E-state index in [1.165, 1.54) is 0 Å². The first kappa shape index (κ1) is 49.2. The van der Waals surface area contributed by atoms with Crippen LogP contribution in [0.1, 0.15) is 13.8 Å². The molecule has 2 fully saturated rings. The summed E-state index contributed by atoms with van der Waals surface area (Å²) in [5, 5.41) is 6.47. The fourth-order valence-electron chi connectivity index (χ4n) is 7.38. The zero-order chi connectivity index (χ0) is 44.5. The predicted octanol–water partition coefficient (Wildman–Crippen LogP) is 10.0. The first-order valence-electron chi connectivity index (χ1n) is 21.3. The molecule has 0 aromatic heterocycles. The Bertz CT molecular complexity index is 2190. The van der Waals surface area contributed by atoms with E-state index in [2.05, 4.69) is 72.8 Å². The molecule has 6 nitrogen and oxygen atoms in total. The molecule has 0 amide bonds. The van der Waals surface area contributed by atoms with Crippen LogP contribution < -0.4 is 31.8 Å². The molecular weight excluding hydrogens is 882 g/mol. The van der Waals surface area contributed by atoms with Gasteiger partial charge in [-0.2, -0.15) is 0 Å². The number of ether oxygens (including phenoxy) is 2. The fraction of sp³-hybridized carbons (Fsp3) is 0.0714. The third kappa shape index (κ3) is 12.1. The minimum atomic E-state index is -2.55. The molecule has 10 radical (unpaired) electrons. The molecule has 2 aliphatic carbocycles. The zero-order valence-corrected chi connectivity index (χ0v) is 39.2. The van der Waals surface area contributed by atoms with Crippen LogP contribution in [0.3, 0.4) is 0 Å². The third-order valence-corrected chi connectivity index (χ3v) is 17.6. The maximum absolute atomic E-state index is 13.1. The van der Waals surface area contributed by atoms with Crippen molar-refractivity contribution in [2.24, 2.45) is 9.49 Å². The van der Waals surface area contributed by atoms with Crippen molar-refractivity contribution in [2.45, 2.75) is 13.8 Å². The normalized spacial score (nSPS) is 14.6. The van der Waals surface area contributed by atoms with Crippen LogP contribution in [-0.4, -0.2) is 25.2 Å². The number of hydrogen-bond acceptors (Lipinski definition) is 6. The van der Waals surface area contributed by atoms with Crippen LogP contribution in [0, 0.1) is 63.2 Å². The van der Waals surface area contributed by atoms with Gasteiger partial charge in [-0.05, 0) is 77.4 Å². The second kappa shape index (κ2) is 24.9. The summed E-state index contributed by atoms with van der Waals surface area (Å²) in [5.74, 6) is 1.01. The van der Waals surface area contributed by atoms with Crippen LogP contribution in [0.2, 0.25) is 0 Å². The molecule has 6 aromatic rings. The molecule has 9 heteroatoms. The number of benzene rings is 6. The molecule has 0 unspecified atom stereocenters. The van der Waals surface area contributed by atoms with Crippen LogP contribution in [0.25, 0.3) is 0 Å². The average molecular weight is 933 g/mol. The van der Waals surface area contributed by atoms with Crippen LogP contribution in [-0.2, 0) is 36.1 Å². The van der Waals surface area contributed by atoms with Gasteiger partial charge in [0.05, 0.1) is 27.3 Å². The molecule has 6 aromatic carbocycles. The molecule has 8 rings (SSSR count). The van der Waals surface area contributed by atoms with Gasteiger partial charge in [0.2, 0.25) is 0 Å². The first-order valence-corrected chi connectivity index (χ1v) is 24.8. The Morgan fingerprint density at radius 3 is 0.815 bits per heavy atom. The van der Waals surface area contributed by atoms with Gasteiger partial charge in [0, 0.05) is 43.7 Å². The maximum atomic E-state index is 13.1. The summed E-state index contributed by atoms with van der Waals surface area (Å²) in [4.78, 5) is 26.1. The minimum Gasteiger partial charge on any atom is -0.461 e. The summed E-state index contributed by atoms with van der Waals surface area (Å²) < 4.78 is 21.5. The van der Waals surface area contributed by atoms with E-state index in [-0.39, 0.29) is 17.1 Å². The summed E-state index contributed by atoms with van der Waals surface area (Å²) in [5.41, 5.74) is 0.644. The topological polar surface area (TPSA) is 77.3 Å². The van der Waals surface area contributed by atoms with Gasteiger partial charge in [0.1, 0.15) is 11.4 Å². The SMILES string of the molecule is CCOC(=O)/C(=C/[C]1[CH][CH][CH][CH]1)N=P(c1ccccc1)(c1ccccc1)c1ccccc1.CCOC(=O)/C(=C/[C]1[CH][CH][CH][CH]1)N=P(c1ccccc1)(c1ccccc1)c1ccccc1.[Fe+2]. The van der Waals surface area contributed by atoms with Gasteiger partial charge in [-0.1, -0.05) is 182 Å². The van der Waals surface area contributed by atoms with Crippen molar-refractivity contribution < 1.29 is 36.1 Å². The number of hydrogen-bond donors (Lipinski definition) is 0. The van der Waals surface area contributed by atoms with E-state index in [0.717, 1.165) is 43.7 Å². The molecule has 0 saturated heterocycles. The predicted molar refractivity (Wildman–Crippen MR) is 265 cm³/mol. The summed E-state index contributed by atoms with van der Waals surface area (Å²) >= 11 is 0. The second-order valence-corrected chi connectivity index (χ2v) is 20.5. The van der Waals surface area contributed by atoms with Gasteiger partial charge >= 0.3 is 29.0 Å². The molecule has 0 spiro atoms. The number of esters is 2. The Morgan fingerprint density at radius 2 is 0.615 bits per heavy atom. The van der Waals surface area contributed by atoms with E-state index >= 15 is 0 Å². The Labute approximate surface area is 397 Å². The van der Waals surface area contributed by atoms with E-state index in [4.69, 9.17) is 19.0 Å². The van der Waals surface area contributed by atoms with Crippen molar-refractivity contribution in [3.8, 4) is 0 Å². The molecule has 0 heterocycles. The zero-order valence-electron chi connectivity index (χ0n) is 36.3. The van der Waals surface area contributed by atoms with Crippen molar-refractivity contribution in [1.29, 1.82) is 0 Å². The van der Waals surface area contributed by atoms with Crippen LogP contribution in [0.4, 0.5) is 0 Å². The molecule has 324 valence electrons. The summed E-state index contributed by atoms with van der Waals surface area (Å²) in [6.07, 6.45) is 19.3. The van der Waals surface area contributed by atoms with Crippen molar-refractivity contribution >= 4 is 57.9 Å². The van der Waals surface area contributed by atoms with Gasteiger partial charge < -0.3 is 9.47 Å². The molecule has 0 N–H and O–H groups in total. The van der Waals surface area contributed by atoms with Crippen LogP contribution in [0.15, 0.2) is 215 Å². The van der Waals surface area contributed by atoms with Crippen molar-refractivity contribution in [3.05, 3.63) is 269 Å². The molecule has 0 bridgehead atoms. The standard InChI is InChI=1S/2C28H25NO2P.Fe/c2*1-2-31-28(30)27(22-23-14-12-13-15-23)29-32(24-16-6-3-7-17-24,25-18-8-4-9-19-25)26-20-10-5-11-21-26;/h2*3-22H,2H2,1H3;/q;;+2/b2*27-22-;. The average Bonchev–Trinajstić information content (AvgIpc) is 4.09. The largest absolute Gasteiger partial charge is 2.00 e. The van der Waals surface area contributed by atoms with E-state index in [1.807, 2.05) is 187 Å². The number of rotatable bonds is 14. The van der Waals surface area contributed by atoms with Crippen molar-refractivity contribution in [1.82, 2.24) is 0 Å². The molecular formula is C56H50FeN2O4P2+2. The molecule has 0 atom stereocenters. The number of allylic oxidation sites excluding steroid dienone is 2. The number of carbonyl (C=O) groups is 2. The summed E-state index contributed by atoms with van der Waals surface area (Å²) in [6.45, 7) is 4.21. The second-order valence-electron chi connectivity index (χ2n) is 14.4. The van der Waals surface area contributed by atoms with E-state index in [0.29, 0.717) is 24.6 Å². The van der Waals surface area contributed by atoms with E-state index < -0.39 is 26.0 Å². The number of nitrogens with zero attached hydrogens (tertiary/aromatic N) is 2. The van der Waals surface area contributed by atoms with Gasteiger partial charge in [0.15, 0.2) is 0 Å². The summed E-state index contributed by atoms with van der Waals surface area (Å²) in [6, 6.07) is 61.5. The van der Waals surface area contributed by atoms with E-state index in [1.54, 1.807) is 0 Å². The Morgan fingerprint density at radius 1 is 0.400 bits per heavy atom. The van der Waals surface area contributed by atoms with Gasteiger partial charge in [0.25, 0.3) is 0 Å². The van der Waals surface area contributed by atoms with E-state index in [9.17, 15) is 9.59 Å². The van der Waals surface area contributed by atoms with Gasteiger partial charge in [-0.3, -0.25) is 0 Å². The van der Waals surface area contributed by atoms with Gasteiger partial charge in [-0.15, -0.1) is 0 Å². The molecule has 0 aliphatic heterocycles. The third-order valence-electron chi connectivity index (χ3n) is 10.2. The first-order chi connectivity index (χ1) is 31.5. The monoisotopic (exact) mass is 932 g/mol. The quantitative estimate of drug-likeness (QED) is 0.0472.